The summed E-state index contributed by atoms with van der Waals surface area (Å²) in [4.78, 5) is 190. The Morgan fingerprint density at radius 2 is 0.822 bits per heavy atom. The van der Waals surface area contributed by atoms with Crippen molar-refractivity contribution in [1.82, 2.24) is 55.6 Å². The van der Waals surface area contributed by atoms with Crippen LogP contribution in [0.3, 0.4) is 0 Å². The van der Waals surface area contributed by atoms with E-state index in [1.165, 1.54) is 73.7 Å². The molecule has 0 spiro atoms. The zero-order valence-corrected chi connectivity index (χ0v) is 67.1. The van der Waals surface area contributed by atoms with E-state index in [-0.39, 0.29) is 81.4 Å². The van der Waals surface area contributed by atoms with Crippen LogP contribution in [0.1, 0.15) is 170 Å². The highest BCUT2D eigenvalue weighted by Gasteiger charge is 2.45. The van der Waals surface area contributed by atoms with Gasteiger partial charge in [-0.2, -0.15) is 0 Å². The average Bonchev–Trinajstić information content (AvgIpc) is 0.811. The summed E-state index contributed by atoms with van der Waals surface area (Å²) in [6.45, 7) is 20.9. The number of aliphatic hydroxyl groups excluding tert-OH is 1. The molecule has 0 unspecified atom stereocenters. The summed E-state index contributed by atoms with van der Waals surface area (Å²) in [6.07, 6.45) is 1.64. The molecule has 1 aliphatic heterocycles. The lowest BCUT2D eigenvalue weighted by molar-refractivity contribution is -0.152. The first kappa shape index (κ1) is 89.0. The third-order valence-corrected chi connectivity index (χ3v) is 20.5. The molecule has 25 heteroatoms. The van der Waals surface area contributed by atoms with Gasteiger partial charge in [0.05, 0.1) is 30.8 Å². The largest absolute Gasteiger partial charge is 0.391 e. The maximum Gasteiger partial charge on any atom is 0.248 e. The Morgan fingerprint density at radius 1 is 0.449 bits per heavy atom. The molecule has 0 radical (unpaired) electrons. The maximum absolute atomic E-state index is 15.7. The Labute approximate surface area is 635 Å². The minimum absolute atomic E-state index is 0.00211. The number of nitrogens with zero attached hydrogens (tertiary/aromatic N) is 7. The van der Waals surface area contributed by atoms with Gasteiger partial charge in [-0.15, -0.1) is 0 Å². The third-order valence-electron chi connectivity index (χ3n) is 20.5. The quantitative estimate of drug-likeness (QED) is 0.0921. The number of aliphatic hydroxyl groups is 1. The molecule has 11 atom stereocenters. The molecule has 5 N–H and O–H groups in total. The number of carbonyl (C=O) groups excluding carboxylic acids is 12. The number of ketones is 1. The molecular weight excluding hydrogens is 1360 g/mol. The van der Waals surface area contributed by atoms with Gasteiger partial charge in [-0.05, 0) is 107 Å². The van der Waals surface area contributed by atoms with E-state index in [2.05, 4.69) is 21.3 Å². The van der Waals surface area contributed by atoms with Gasteiger partial charge in [0, 0.05) is 87.5 Å². The van der Waals surface area contributed by atoms with Crippen LogP contribution < -0.4 is 21.3 Å². The molecule has 2 fully saturated rings. The van der Waals surface area contributed by atoms with E-state index in [0.29, 0.717) is 29.5 Å². The van der Waals surface area contributed by atoms with Crippen LogP contribution in [0, 0.1) is 29.6 Å². The van der Waals surface area contributed by atoms with Crippen molar-refractivity contribution >= 4 is 70.8 Å². The predicted octanol–water partition coefficient (Wildman–Crippen LogP) is 6.40. The lowest BCUT2D eigenvalue weighted by Gasteiger charge is -2.38. The molecule has 1 saturated carbocycles. The molecule has 5 rings (SSSR count). The fourth-order valence-electron chi connectivity index (χ4n) is 13.9. The predicted molar refractivity (Wildman–Crippen MR) is 411 cm³/mol. The van der Waals surface area contributed by atoms with E-state index in [1.807, 2.05) is 47.6 Å². The molecule has 0 aromatic heterocycles. The van der Waals surface area contributed by atoms with Gasteiger partial charge in [0.25, 0.3) is 0 Å². The molecule has 11 amide bonds. The summed E-state index contributed by atoms with van der Waals surface area (Å²) in [7, 11) is 10.1. The Balaban J connectivity index is 1.71. The van der Waals surface area contributed by atoms with Crippen LogP contribution in [0.4, 0.5) is 0 Å². The molecule has 2 aliphatic rings. The summed E-state index contributed by atoms with van der Waals surface area (Å²) < 4.78 is 6.26. The highest BCUT2D eigenvalue weighted by atomic mass is 16.5. The number of Topliss-reactive ketones (excluding diaryl/α,β-unsaturated/α-hetero) is 1. The Kier molecular flexibility index (Phi) is 34.7. The zero-order valence-electron chi connectivity index (χ0n) is 67.1. The summed E-state index contributed by atoms with van der Waals surface area (Å²) in [5, 5.41) is 23.1. The van der Waals surface area contributed by atoms with Crippen molar-refractivity contribution < 1.29 is 67.4 Å². The average molecular weight is 1490 g/mol. The Morgan fingerprint density at radius 3 is 1.24 bits per heavy atom. The van der Waals surface area contributed by atoms with Gasteiger partial charge in [0.1, 0.15) is 54.4 Å². The first-order valence-corrected chi connectivity index (χ1v) is 38.3. The molecule has 25 nitrogen and oxygen atoms in total. The molecule has 592 valence electrons. The topological polar surface area (TPSA) is 305 Å². The van der Waals surface area contributed by atoms with E-state index in [9.17, 15) is 24.3 Å². The van der Waals surface area contributed by atoms with Crippen LogP contribution in [0.2, 0.25) is 0 Å². The molecule has 1 saturated heterocycles. The lowest BCUT2D eigenvalue weighted by atomic mass is 9.83. The van der Waals surface area contributed by atoms with Crippen LogP contribution in [-0.4, -0.2) is 245 Å². The second-order valence-corrected chi connectivity index (χ2v) is 32.2. The summed E-state index contributed by atoms with van der Waals surface area (Å²) in [5.74, 6) is -9.56. The smallest absolute Gasteiger partial charge is 0.248 e. The molecule has 3 aromatic carbocycles. The summed E-state index contributed by atoms with van der Waals surface area (Å²) in [5.41, 5.74) is 1.03. The van der Waals surface area contributed by atoms with Gasteiger partial charge in [-0.25, -0.2) is 0 Å². The van der Waals surface area contributed by atoms with Crippen LogP contribution in [0.25, 0.3) is 0 Å². The fourth-order valence-corrected chi connectivity index (χ4v) is 13.9. The van der Waals surface area contributed by atoms with Gasteiger partial charge < -0.3 is 65.4 Å². The van der Waals surface area contributed by atoms with Crippen molar-refractivity contribution in [3.05, 3.63) is 108 Å². The number of amides is 11. The second-order valence-electron chi connectivity index (χ2n) is 32.2. The van der Waals surface area contributed by atoms with E-state index >= 15 is 38.4 Å². The van der Waals surface area contributed by atoms with E-state index in [0.717, 1.165) is 29.1 Å². The number of carbonyl (C=O) groups is 12. The van der Waals surface area contributed by atoms with E-state index < -0.39 is 162 Å². The highest BCUT2D eigenvalue weighted by molar-refractivity contribution is 6.00. The molecule has 3 aromatic rings. The van der Waals surface area contributed by atoms with Gasteiger partial charge >= 0.3 is 0 Å². The first-order valence-electron chi connectivity index (χ1n) is 38.3. The van der Waals surface area contributed by atoms with Crippen molar-refractivity contribution in [2.24, 2.45) is 29.6 Å². The molecule has 1 aliphatic carbocycles. The summed E-state index contributed by atoms with van der Waals surface area (Å²) in [6, 6.07) is 13.1. The van der Waals surface area contributed by atoms with Gasteiger partial charge in [0.15, 0.2) is 5.78 Å². The minimum atomic E-state index is -1.73. The Hall–Kier alpha value is -8.58. The van der Waals surface area contributed by atoms with Crippen LogP contribution in [0.15, 0.2) is 91.0 Å². The van der Waals surface area contributed by atoms with Crippen molar-refractivity contribution in [2.75, 3.05) is 62.5 Å². The van der Waals surface area contributed by atoms with Gasteiger partial charge in [0.2, 0.25) is 65.0 Å². The Bertz CT molecular complexity index is 3450. The van der Waals surface area contributed by atoms with Crippen molar-refractivity contribution in [3.63, 3.8) is 0 Å². The second kappa shape index (κ2) is 41.7. The maximum atomic E-state index is 15.7. The van der Waals surface area contributed by atoms with Crippen molar-refractivity contribution in [1.29, 1.82) is 0 Å². The van der Waals surface area contributed by atoms with Gasteiger partial charge in [-0.1, -0.05) is 166 Å². The SMILES string of the molecule is CC(C)C[C@H]1C(=O)N[C@@H](C(C)C)C(=O)N(C)[C@@H](Cc2ccccc2)C(=O)N(C)[C@@H](Cc2ccccc2)C(=O)N[C@@H](COC(C)(C)C)C(=O)N(C)[C@@H](CC(C)C)C(=O)N[C@@H]([C@@H](C)O)C(=O)N(C)[C@@H](Cc2ccccc2)C(=O)N(C)[C@@H](CC(C)C)C(=O)N[C@H](C(=O)C2CCCCC2)CC(=O)N(C)CCCC(=O)N1C. The number of hydrogen-bond donors (Lipinski definition) is 5. The first-order chi connectivity index (χ1) is 50.2. The molecular formula is C82H125N11O14. The number of hydrogen-bond acceptors (Lipinski definition) is 14. The van der Waals surface area contributed by atoms with Crippen molar-refractivity contribution in [2.45, 2.75) is 245 Å². The number of likely N-dealkylation sites (N-methyl/N-ethyl adjacent to an activating group) is 6. The monoisotopic (exact) mass is 1490 g/mol. The van der Waals surface area contributed by atoms with Crippen molar-refractivity contribution in [3.8, 4) is 0 Å². The van der Waals surface area contributed by atoms with E-state index in [1.54, 1.807) is 127 Å². The lowest BCUT2D eigenvalue weighted by Crippen LogP contribution is -2.63. The minimum Gasteiger partial charge on any atom is -0.391 e. The molecule has 1 heterocycles. The number of benzene rings is 3. The standard InChI is InChI=1S/C82H125N11O14/c1-51(2)43-62-75(100)85-70(54(7)8)80(105)92(18)66(47-57-35-26-21-27-36-57)79(104)91(17)65(46-56-33-24-20-25-34-56)74(99)84-61(50-107-82(10,11)12)77(102)89(15)64(45-53(5)6)76(101)86-71(55(9)94)81(106)93(19)67(48-58-37-28-22-29-38-58)78(103)90(16)63(44-52(3)4)73(98)83-60(72(97)59-39-30-23-31-40-59)49-69(96)87(13)42-32-41-68(95)88(62)14/h20-22,24-29,33-38,51-55,59-67,70-71,94H,23,30-32,39-50H2,1-19H3,(H,83,98)(H,84,99)(H,85,100)(H,86,101)/t55-,60+,61+,62+,63+,64+,65+,66+,67+,70+,71+/m1/s1. The molecule has 0 bridgehead atoms. The number of rotatable bonds is 18. The molecule has 107 heavy (non-hydrogen) atoms. The third kappa shape index (κ3) is 26.4. The zero-order chi connectivity index (χ0) is 79.9. The normalized spacial score (nSPS) is 24.7. The highest BCUT2D eigenvalue weighted by Crippen LogP contribution is 2.28. The van der Waals surface area contributed by atoms with Crippen LogP contribution in [0.5, 0.6) is 0 Å². The van der Waals surface area contributed by atoms with Crippen LogP contribution in [-0.2, 0) is 81.5 Å². The van der Waals surface area contributed by atoms with Crippen LogP contribution >= 0.6 is 0 Å². The number of nitrogens with one attached hydrogen (secondary N) is 4. The summed E-state index contributed by atoms with van der Waals surface area (Å²) >= 11 is 0. The van der Waals surface area contributed by atoms with Gasteiger partial charge in [-0.3, -0.25) is 57.5 Å². The fraction of sp³-hybridized carbons (Fsp3) is 0.634. The van der Waals surface area contributed by atoms with E-state index in [4.69, 9.17) is 4.74 Å². The number of ether oxygens (including phenoxy) is 1.